The van der Waals surface area contributed by atoms with Gasteiger partial charge >= 0.3 is 0 Å². The van der Waals surface area contributed by atoms with Gasteiger partial charge in [0.1, 0.15) is 0 Å². The Morgan fingerprint density at radius 3 is 2.24 bits per heavy atom. The molecule has 0 heterocycles. The fraction of sp³-hybridized carbons (Fsp3) is 0.667. The Labute approximate surface area is 130 Å². The third kappa shape index (κ3) is 6.85. The molecule has 1 unspecified atom stereocenters. The van der Waals surface area contributed by atoms with Crippen molar-refractivity contribution in [2.24, 2.45) is 5.92 Å². The van der Waals surface area contributed by atoms with Gasteiger partial charge in [0, 0.05) is 5.54 Å². The average Bonchev–Trinajstić information content (AvgIpc) is 2.39. The van der Waals surface area contributed by atoms with Crippen molar-refractivity contribution in [3.8, 4) is 11.5 Å². The molecular formula is C18H31NO2. The molecule has 1 rings (SSSR count). The maximum atomic E-state index is 5.69. The first-order valence-electron chi connectivity index (χ1n) is 7.99. The van der Waals surface area contributed by atoms with Crippen LogP contribution in [0.1, 0.15) is 47.1 Å². The van der Waals surface area contributed by atoms with Gasteiger partial charge in [-0.25, -0.2) is 0 Å². The highest BCUT2D eigenvalue weighted by molar-refractivity contribution is 5.43. The third-order valence-electron chi connectivity index (χ3n) is 3.17. The molecule has 1 atom stereocenters. The van der Waals surface area contributed by atoms with Crippen LogP contribution >= 0.6 is 0 Å². The van der Waals surface area contributed by atoms with E-state index in [0.717, 1.165) is 24.5 Å². The smallest absolute Gasteiger partial charge is 0.161 e. The molecule has 0 fully saturated rings. The molecule has 3 heteroatoms. The van der Waals surface area contributed by atoms with Crippen LogP contribution in [0.15, 0.2) is 18.2 Å². The van der Waals surface area contributed by atoms with Crippen molar-refractivity contribution in [1.82, 2.24) is 5.32 Å². The van der Waals surface area contributed by atoms with Crippen molar-refractivity contribution in [3.63, 3.8) is 0 Å². The first-order chi connectivity index (χ1) is 9.85. The molecule has 0 aliphatic rings. The Morgan fingerprint density at radius 1 is 1.05 bits per heavy atom. The molecule has 0 aliphatic carbocycles. The van der Waals surface area contributed by atoms with Crippen molar-refractivity contribution in [3.05, 3.63) is 23.8 Å². The molecule has 1 aromatic carbocycles. The van der Waals surface area contributed by atoms with Gasteiger partial charge in [-0.05, 0) is 71.2 Å². The van der Waals surface area contributed by atoms with Gasteiger partial charge in [0.15, 0.2) is 11.5 Å². The van der Waals surface area contributed by atoms with E-state index in [1.54, 1.807) is 0 Å². The van der Waals surface area contributed by atoms with Gasteiger partial charge in [-0.1, -0.05) is 13.0 Å². The van der Waals surface area contributed by atoms with Gasteiger partial charge in [-0.2, -0.15) is 0 Å². The second-order valence-electron chi connectivity index (χ2n) is 6.59. The van der Waals surface area contributed by atoms with Crippen molar-refractivity contribution >= 4 is 0 Å². The van der Waals surface area contributed by atoms with E-state index in [4.69, 9.17) is 9.47 Å². The number of ether oxygens (including phenoxy) is 2. The summed E-state index contributed by atoms with van der Waals surface area (Å²) in [5.41, 5.74) is 1.47. The van der Waals surface area contributed by atoms with E-state index in [1.165, 1.54) is 5.56 Å². The van der Waals surface area contributed by atoms with Crippen LogP contribution in [0.5, 0.6) is 11.5 Å². The average molecular weight is 293 g/mol. The van der Waals surface area contributed by atoms with Crippen molar-refractivity contribution in [1.29, 1.82) is 0 Å². The van der Waals surface area contributed by atoms with Crippen molar-refractivity contribution in [2.75, 3.05) is 19.8 Å². The minimum absolute atomic E-state index is 0.170. The summed E-state index contributed by atoms with van der Waals surface area (Å²) < 4.78 is 11.3. The molecule has 0 saturated carbocycles. The molecule has 1 aromatic rings. The summed E-state index contributed by atoms with van der Waals surface area (Å²) in [4.78, 5) is 0. The second-order valence-corrected chi connectivity index (χ2v) is 6.59. The highest BCUT2D eigenvalue weighted by Gasteiger charge is 2.13. The van der Waals surface area contributed by atoms with Gasteiger partial charge < -0.3 is 14.8 Å². The summed E-state index contributed by atoms with van der Waals surface area (Å²) in [6, 6.07) is 6.27. The minimum atomic E-state index is 0.170. The third-order valence-corrected chi connectivity index (χ3v) is 3.17. The minimum Gasteiger partial charge on any atom is -0.490 e. The first kappa shape index (κ1) is 17.8. The lowest BCUT2D eigenvalue weighted by molar-refractivity contribution is 0.287. The lowest BCUT2D eigenvalue weighted by Crippen LogP contribution is -2.39. The van der Waals surface area contributed by atoms with Crippen LogP contribution < -0.4 is 14.8 Å². The van der Waals surface area contributed by atoms with Crippen LogP contribution in [0.3, 0.4) is 0 Å². The van der Waals surface area contributed by atoms with Gasteiger partial charge in [-0.3, -0.25) is 0 Å². The van der Waals surface area contributed by atoms with Crippen LogP contribution in [-0.2, 0) is 6.42 Å². The predicted molar refractivity (Wildman–Crippen MR) is 89.4 cm³/mol. The van der Waals surface area contributed by atoms with Crippen LogP contribution in [0, 0.1) is 5.92 Å². The van der Waals surface area contributed by atoms with Gasteiger partial charge in [0.25, 0.3) is 0 Å². The largest absolute Gasteiger partial charge is 0.490 e. The maximum absolute atomic E-state index is 5.69. The zero-order valence-corrected chi connectivity index (χ0v) is 14.5. The fourth-order valence-corrected chi connectivity index (χ4v) is 2.18. The molecule has 0 aromatic heterocycles. The predicted octanol–water partition coefficient (Wildman–Crippen LogP) is 4.05. The Morgan fingerprint density at radius 2 is 1.67 bits per heavy atom. The molecule has 0 saturated heterocycles. The molecule has 120 valence electrons. The maximum Gasteiger partial charge on any atom is 0.161 e. The summed E-state index contributed by atoms with van der Waals surface area (Å²) in [7, 11) is 0. The first-order valence-corrected chi connectivity index (χ1v) is 7.99. The molecule has 0 bridgehead atoms. The zero-order valence-electron chi connectivity index (χ0n) is 14.5. The molecule has 21 heavy (non-hydrogen) atoms. The number of nitrogens with one attached hydrogen (secondary N) is 1. The molecule has 0 radical (unpaired) electrons. The number of hydrogen-bond donors (Lipinski definition) is 1. The summed E-state index contributed by atoms with van der Waals surface area (Å²) in [5.74, 6) is 2.27. The van der Waals surface area contributed by atoms with E-state index in [2.05, 4.69) is 45.1 Å². The Bertz CT molecular complexity index is 424. The zero-order chi connectivity index (χ0) is 15.9. The standard InChI is InChI=1S/C18H31NO2/c1-7-20-16-10-9-15(12-17(16)21-8-2)11-14(3)13-19-18(4,5)6/h9-10,12,14,19H,7-8,11,13H2,1-6H3. The van der Waals surface area contributed by atoms with Crippen LogP contribution in [-0.4, -0.2) is 25.3 Å². The van der Waals surface area contributed by atoms with Crippen molar-refractivity contribution < 1.29 is 9.47 Å². The van der Waals surface area contributed by atoms with Crippen LogP contribution in [0.2, 0.25) is 0 Å². The Balaban J connectivity index is 2.68. The summed E-state index contributed by atoms with van der Waals surface area (Å²) in [6.45, 7) is 15.2. The fourth-order valence-electron chi connectivity index (χ4n) is 2.18. The molecule has 1 N–H and O–H groups in total. The van der Waals surface area contributed by atoms with Gasteiger partial charge in [-0.15, -0.1) is 0 Å². The number of benzene rings is 1. The summed E-state index contributed by atoms with van der Waals surface area (Å²) in [6.07, 6.45) is 1.04. The normalized spacial score (nSPS) is 13.0. The van der Waals surface area contributed by atoms with E-state index in [1.807, 2.05) is 19.9 Å². The molecule has 0 aliphatic heterocycles. The van der Waals surface area contributed by atoms with Gasteiger partial charge in [0.05, 0.1) is 13.2 Å². The van der Waals surface area contributed by atoms with E-state index in [9.17, 15) is 0 Å². The van der Waals surface area contributed by atoms with Crippen LogP contribution in [0.4, 0.5) is 0 Å². The van der Waals surface area contributed by atoms with E-state index >= 15 is 0 Å². The van der Waals surface area contributed by atoms with Crippen LogP contribution in [0.25, 0.3) is 0 Å². The molecular weight excluding hydrogens is 262 g/mol. The topological polar surface area (TPSA) is 30.5 Å². The number of hydrogen-bond acceptors (Lipinski definition) is 3. The number of rotatable bonds is 8. The van der Waals surface area contributed by atoms with E-state index in [0.29, 0.717) is 19.1 Å². The summed E-state index contributed by atoms with van der Waals surface area (Å²) in [5, 5.41) is 3.56. The highest BCUT2D eigenvalue weighted by atomic mass is 16.5. The van der Waals surface area contributed by atoms with E-state index in [-0.39, 0.29) is 5.54 Å². The lowest BCUT2D eigenvalue weighted by Gasteiger charge is -2.23. The SMILES string of the molecule is CCOc1ccc(CC(C)CNC(C)(C)C)cc1OCC. The highest BCUT2D eigenvalue weighted by Crippen LogP contribution is 2.29. The second kappa shape index (κ2) is 8.28. The molecule has 0 spiro atoms. The monoisotopic (exact) mass is 293 g/mol. The van der Waals surface area contributed by atoms with Crippen molar-refractivity contribution in [2.45, 2.75) is 53.5 Å². The lowest BCUT2D eigenvalue weighted by atomic mass is 9.99. The molecule has 0 amide bonds. The van der Waals surface area contributed by atoms with E-state index < -0.39 is 0 Å². The summed E-state index contributed by atoms with van der Waals surface area (Å²) >= 11 is 0. The Kier molecular flexibility index (Phi) is 7.03. The molecule has 3 nitrogen and oxygen atoms in total. The quantitative estimate of drug-likeness (QED) is 0.784. The van der Waals surface area contributed by atoms with Gasteiger partial charge in [0.2, 0.25) is 0 Å². The Hall–Kier alpha value is -1.22.